The van der Waals surface area contributed by atoms with Crippen LogP contribution in [0.2, 0.25) is 0 Å². The Morgan fingerprint density at radius 3 is 2.59 bits per heavy atom. The fourth-order valence-corrected chi connectivity index (χ4v) is 3.42. The summed E-state index contributed by atoms with van der Waals surface area (Å²) in [5.41, 5.74) is 1.43. The topological polar surface area (TPSA) is 48.2 Å². The van der Waals surface area contributed by atoms with Crippen LogP contribution in [0.15, 0.2) is 34.9 Å². The molecule has 0 bridgehead atoms. The number of ether oxygens (including phenoxy) is 1. The molecule has 2 atom stereocenters. The first-order chi connectivity index (χ1) is 10.9. The third-order valence-corrected chi connectivity index (χ3v) is 4.92. The molecule has 0 amide bonds. The van der Waals surface area contributed by atoms with Gasteiger partial charge in [-0.25, -0.2) is 0 Å². The lowest BCUT2D eigenvalue weighted by molar-refractivity contribution is 0.0830. The maximum atomic E-state index is 5.47. The normalized spacial score (nSPS) is 25.3. The van der Waals surface area contributed by atoms with E-state index >= 15 is 0 Å². The second-order valence-electron chi connectivity index (χ2n) is 6.58. The van der Waals surface area contributed by atoms with Crippen molar-refractivity contribution in [2.24, 2.45) is 11.8 Å². The van der Waals surface area contributed by atoms with E-state index in [1.54, 1.807) is 0 Å². The van der Waals surface area contributed by atoms with Crippen molar-refractivity contribution in [3.63, 3.8) is 0 Å². The number of benzene rings is 1. The Morgan fingerprint density at radius 2 is 1.77 bits per heavy atom. The Bertz CT molecular complexity index is 605. The van der Waals surface area contributed by atoms with Crippen LogP contribution in [0.5, 0.6) is 0 Å². The molecule has 0 unspecified atom stereocenters. The molecule has 1 saturated carbocycles. The van der Waals surface area contributed by atoms with Crippen molar-refractivity contribution in [2.45, 2.75) is 38.0 Å². The van der Waals surface area contributed by atoms with Gasteiger partial charge in [0.05, 0.1) is 0 Å². The average molecular weight is 298 g/mol. The van der Waals surface area contributed by atoms with E-state index in [4.69, 9.17) is 9.26 Å². The van der Waals surface area contributed by atoms with E-state index in [9.17, 15) is 0 Å². The van der Waals surface area contributed by atoms with Gasteiger partial charge in [-0.3, -0.25) is 0 Å². The third-order valence-electron chi connectivity index (χ3n) is 4.92. The summed E-state index contributed by atoms with van der Waals surface area (Å²) in [5, 5.41) is 4.19. The number of nitrogens with zero attached hydrogens (tertiary/aromatic N) is 2. The third kappa shape index (κ3) is 3.22. The van der Waals surface area contributed by atoms with E-state index in [2.05, 4.69) is 40.5 Å². The van der Waals surface area contributed by atoms with Gasteiger partial charge in [0, 0.05) is 25.6 Å². The first kappa shape index (κ1) is 13.9. The lowest BCUT2D eigenvalue weighted by atomic mass is 10.00. The molecule has 0 N–H and O–H groups in total. The van der Waals surface area contributed by atoms with Gasteiger partial charge in [0.2, 0.25) is 5.89 Å². The standard InChI is InChI=1S/C18H22N2O2/c1-2-4-13(5-3-1)10-15-11-16(15)12-17-19-18(20-22-17)14-6-8-21-9-7-14/h1-5,14-16H,6-12H2/t15-,16+/m1/s1. The van der Waals surface area contributed by atoms with Gasteiger partial charge in [-0.05, 0) is 43.1 Å². The van der Waals surface area contributed by atoms with Crippen molar-refractivity contribution in [2.75, 3.05) is 13.2 Å². The monoisotopic (exact) mass is 298 g/mol. The van der Waals surface area contributed by atoms with E-state index in [0.717, 1.165) is 50.1 Å². The minimum absolute atomic E-state index is 0.422. The largest absolute Gasteiger partial charge is 0.381 e. The van der Waals surface area contributed by atoms with Crippen LogP contribution in [0.1, 0.15) is 42.5 Å². The first-order valence-corrected chi connectivity index (χ1v) is 8.32. The minimum atomic E-state index is 0.422. The van der Waals surface area contributed by atoms with Crippen LogP contribution in [0.4, 0.5) is 0 Å². The summed E-state index contributed by atoms with van der Waals surface area (Å²) in [6.07, 6.45) is 5.42. The number of hydrogen-bond acceptors (Lipinski definition) is 4. The summed E-state index contributed by atoms with van der Waals surface area (Å²) in [5.74, 6) is 3.62. The van der Waals surface area contributed by atoms with Crippen LogP contribution < -0.4 is 0 Å². The molecule has 4 rings (SSSR count). The van der Waals surface area contributed by atoms with Crippen molar-refractivity contribution in [1.29, 1.82) is 0 Å². The first-order valence-electron chi connectivity index (χ1n) is 8.32. The maximum absolute atomic E-state index is 5.47. The molecule has 22 heavy (non-hydrogen) atoms. The van der Waals surface area contributed by atoms with Gasteiger partial charge >= 0.3 is 0 Å². The van der Waals surface area contributed by atoms with Crippen LogP contribution in [0.25, 0.3) is 0 Å². The van der Waals surface area contributed by atoms with Crippen LogP contribution >= 0.6 is 0 Å². The Morgan fingerprint density at radius 1 is 1.00 bits per heavy atom. The zero-order valence-electron chi connectivity index (χ0n) is 12.8. The molecule has 1 aliphatic carbocycles. The highest BCUT2D eigenvalue weighted by atomic mass is 16.5. The van der Waals surface area contributed by atoms with Crippen molar-refractivity contribution >= 4 is 0 Å². The van der Waals surface area contributed by atoms with Gasteiger partial charge in [-0.2, -0.15) is 4.98 Å². The van der Waals surface area contributed by atoms with Crippen LogP contribution in [-0.2, 0) is 17.6 Å². The van der Waals surface area contributed by atoms with Crippen LogP contribution in [-0.4, -0.2) is 23.4 Å². The highest BCUT2D eigenvalue weighted by Gasteiger charge is 2.38. The van der Waals surface area contributed by atoms with E-state index < -0.39 is 0 Å². The van der Waals surface area contributed by atoms with Gasteiger partial charge < -0.3 is 9.26 Å². The second kappa shape index (κ2) is 6.21. The van der Waals surface area contributed by atoms with Gasteiger partial charge in [0.25, 0.3) is 0 Å². The molecule has 1 saturated heterocycles. The zero-order valence-corrected chi connectivity index (χ0v) is 12.8. The van der Waals surface area contributed by atoms with E-state index in [0.29, 0.717) is 11.8 Å². The highest BCUT2D eigenvalue weighted by Crippen LogP contribution is 2.43. The highest BCUT2D eigenvalue weighted by molar-refractivity contribution is 5.17. The summed E-state index contributed by atoms with van der Waals surface area (Å²) in [6.45, 7) is 1.63. The molecule has 4 nitrogen and oxygen atoms in total. The van der Waals surface area contributed by atoms with E-state index in [-0.39, 0.29) is 0 Å². The molecule has 2 aromatic rings. The smallest absolute Gasteiger partial charge is 0.226 e. The molecule has 4 heteroatoms. The number of aromatic nitrogens is 2. The minimum Gasteiger partial charge on any atom is -0.381 e. The molecule has 0 spiro atoms. The fourth-order valence-electron chi connectivity index (χ4n) is 3.42. The van der Waals surface area contributed by atoms with Crippen molar-refractivity contribution < 1.29 is 9.26 Å². The molecule has 2 aliphatic rings. The maximum Gasteiger partial charge on any atom is 0.226 e. The second-order valence-corrected chi connectivity index (χ2v) is 6.58. The Balaban J connectivity index is 1.30. The SMILES string of the molecule is c1ccc(C[C@@H]2C[C@H]2Cc2nc(C3CCOCC3)no2)cc1. The summed E-state index contributed by atoms with van der Waals surface area (Å²) >= 11 is 0. The van der Waals surface area contributed by atoms with E-state index in [1.807, 2.05) is 0 Å². The quantitative estimate of drug-likeness (QED) is 0.849. The Kier molecular flexibility index (Phi) is 3.94. The molecular formula is C18H22N2O2. The molecule has 1 aromatic heterocycles. The lowest BCUT2D eigenvalue weighted by Gasteiger charge is -2.18. The van der Waals surface area contributed by atoms with Crippen molar-refractivity contribution in [3.8, 4) is 0 Å². The van der Waals surface area contributed by atoms with E-state index in [1.165, 1.54) is 18.4 Å². The average Bonchev–Trinajstić information content (AvgIpc) is 3.10. The molecular weight excluding hydrogens is 276 g/mol. The predicted molar refractivity (Wildman–Crippen MR) is 82.5 cm³/mol. The molecule has 116 valence electrons. The van der Waals surface area contributed by atoms with Gasteiger partial charge in [0.1, 0.15) is 0 Å². The number of hydrogen-bond donors (Lipinski definition) is 0. The lowest BCUT2D eigenvalue weighted by Crippen LogP contribution is -2.15. The van der Waals surface area contributed by atoms with Gasteiger partial charge in [-0.15, -0.1) is 0 Å². The van der Waals surface area contributed by atoms with Crippen LogP contribution in [0.3, 0.4) is 0 Å². The molecule has 0 radical (unpaired) electrons. The molecule has 1 aliphatic heterocycles. The van der Waals surface area contributed by atoms with Crippen LogP contribution in [0, 0.1) is 11.8 Å². The summed E-state index contributed by atoms with van der Waals surface area (Å²) < 4.78 is 10.9. The summed E-state index contributed by atoms with van der Waals surface area (Å²) in [6, 6.07) is 10.7. The summed E-state index contributed by atoms with van der Waals surface area (Å²) in [7, 11) is 0. The Labute approximate surface area is 130 Å². The number of rotatable bonds is 5. The predicted octanol–water partition coefficient (Wildman–Crippen LogP) is 3.38. The Hall–Kier alpha value is -1.68. The zero-order chi connectivity index (χ0) is 14.8. The molecule has 1 aromatic carbocycles. The summed E-state index contributed by atoms with van der Waals surface area (Å²) in [4.78, 5) is 4.62. The van der Waals surface area contributed by atoms with Crippen molar-refractivity contribution in [1.82, 2.24) is 10.1 Å². The van der Waals surface area contributed by atoms with Gasteiger partial charge in [0.15, 0.2) is 5.82 Å². The van der Waals surface area contributed by atoms with Crippen molar-refractivity contribution in [3.05, 3.63) is 47.6 Å². The molecule has 2 heterocycles. The fraction of sp³-hybridized carbons (Fsp3) is 0.556. The molecule has 2 fully saturated rings. The van der Waals surface area contributed by atoms with Gasteiger partial charge in [-0.1, -0.05) is 35.5 Å².